The number of ether oxygens (including phenoxy) is 1. The van der Waals surface area contributed by atoms with Crippen molar-refractivity contribution in [3.05, 3.63) is 50.5 Å². The van der Waals surface area contributed by atoms with Gasteiger partial charge in [-0.2, -0.15) is 0 Å². The first kappa shape index (κ1) is 13.4. The van der Waals surface area contributed by atoms with Crippen molar-refractivity contribution in [1.82, 2.24) is 4.98 Å². The van der Waals surface area contributed by atoms with Crippen molar-refractivity contribution >= 4 is 17.0 Å². The van der Waals surface area contributed by atoms with Crippen molar-refractivity contribution < 1.29 is 14.8 Å². The van der Waals surface area contributed by atoms with Crippen LogP contribution in [0.4, 0.5) is 5.69 Å². The number of nitro benzene ring substituents is 1. The topological polar surface area (TPSA) is 85.5 Å². The molecule has 6 nitrogen and oxygen atoms in total. The van der Waals surface area contributed by atoms with E-state index in [0.29, 0.717) is 17.9 Å². The zero-order valence-corrected chi connectivity index (χ0v) is 11.0. The number of benzene rings is 1. The summed E-state index contributed by atoms with van der Waals surface area (Å²) in [5, 5.41) is 20.4. The number of non-ortho nitro benzene ring substituents is 1. The van der Waals surface area contributed by atoms with Gasteiger partial charge in [0.2, 0.25) is 0 Å². The van der Waals surface area contributed by atoms with Gasteiger partial charge in [0.05, 0.1) is 21.4 Å². The van der Waals surface area contributed by atoms with E-state index in [0.717, 1.165) is 4.88 Å². The predicted octanol–water partition coefficient (Wildman–Crippen LogP) is 2.68. The molecule has 1 atom stereocenters. The highest BCUT2D eigenvalue weighted by molar-refractivity contribution is 7.09. The van der Waals surface area contributed by atoms with Crippen LogP contribution in [-0.2, 0) is 6.61 Å². The van der Waals surface area contributed by atoms with Gasteiger partial charge in [-0.1, -0.05) is 0 Å². The summed E-state index contributed by atoms with van der Waals surface area (Å²) in [7, 11) is 0. The highest BCUT2D eigenvalue weighted by atomic mass is 32.1. The van der Waals surface area contributed by atoms with Crippen molar-refractivity contribution in [2.45, 2.75) is 19.6 Å². The fraction of sp³-hybridized carbons (Fsp3) is 0.250. The second-order valence-corrected chi connectivity index (χ2v) is 4.88. The molecule has 1 aromatic carbocycles. The van der Waals surface area contributed by atoms with Gasteiger partial charge in [-0.05, 0) is 13.0 Å². The molecule has 0 saturated carbocycles. The van der Waals surface area contributed by atoms with E-state index in [-0.39, 0.29) is 5.69 Å². The zero-order chi connectivity index (χ0) is 13.8. The van der Waals surface area contributed by atoms with E-state index in [2.05, 4.69) is 4.98 Å². The Morgan fingerprint density at radius 3 is 2.95 bits per heavy atom. The third-order valence-corrected chi connectivity index (χ3v) is 3.26. The Kier molecular flexibility index (Phi) is 4.08. The van der Waals surface area contributed by atoms with Crippen LogP contribution in [0.2, 0.25) is 0 Å². The minimum absolute atomic E-state index is 0.0685. The van der Waals surface area contributed by atoms with Crippen molar-refractivity contribution in [2.75, 3.05) is 0 Å². The lowest BCUT2D eigenvalue weighted by molar-refractivity contribution is -0.385. The normalized spacial score (nSPS) is 12.1. The standard InChI is InChI=1S/C12H12N2O4S/c1-8(15)11-4-9(14(16)17)2-3-12(11)18-6-10-5-13-7-19-10/h2-5,7-8,15H,6H2,1H3/t8-/m1/s1. The highest BCUT2D eigenvalue weighted by Crippen LogP contribution is 2.30. The van der Waals surface area contributed by atoms with Crippen LogP contribution in [0.3, 0.4) is 0 Å². The molecule has 1 heterocycles. The molecule has 1 N–H and O–H groups in total. The van der Waals surface area contributed by atoms with Gasteiger partial charge in [0, 0.05) is 23.9 Å². The average Bonchev–Trinajstić information content (AvgIpc) is 2.89. The Morgan fingerprint density at radius 1 is 1.58 bits per heavy atom. The summed E-state index contributed by atoms with van der Waals surface area (Å²) in [5.74, 6) is 0.439. The molecule has 2 aromatic rings. The van der Waals surface area contributed by atoms with Gasteiger partial charge in [0.15, 0.2) is 0 Å². The quantitative estimate of drug-likeness (QED) is 0.672. The van der Waals surface area contributed by atoms with Gasteiger partial charge < -0.3 is 9.84 Å². The van der Waals surface area contributed by atoms with Crippen LogP contribution in [0.5, 0.6) is 5.75 Å². The van der Waals surface area contributed by atoms with E-state index in [9.17, 15) is 15.2 Å². The fourth-order valence-corrected chi connectivity index (χ4v) is 2.08. The molecular weight excluding hydrogens is 268 g/mol. The van der Waals surface area contributed by atoms with Crippen LogP contribution >= 0.6 is 11.3 Å². The Bertz CT molecular complexity index is 569. The number of nitro groups is 1. The molecule has 0 aliphatic carbocycles. The van der Waals surface area contributed by atoms with Crippen LogP contribution in [-0.4, -0.2) is 15.0 Å². The molecule has 0 aliphatic rings. The maximum absolute atomic E-state index is 10.7. The molecule has 0 radical (unpaired) electrons. The summed E-state index contributed by atoms with van der Waals surface area (Å²) in [6.07, 6.45) is 0.856. The minimum Gasteiger partial charge on any atom is -0.488 e. The van der Waals surface area contributed by atoms with Crippen LogP contribution < -0.4 is 4.74 Å². The van der Waals surface area contributed by atoms with E-state index >= 15 is 0 Å². The summed E-state index contributed by atoms with van der Waals surface area (Å²) in [4.78, 5) is 15.1. The molecule has 1 aromatic heterocycles. The number of thiazole rings is 1. The summed E-state index contributed by atoms with van der Waals surface area (Å²) < 4.78 is 5.57. The van der Waals surface area contributed by atoms with Crippen LogP contribution in [0, 0.1) is 10.1 Å². The van der Waals surface area contributed by atoms with Crippen molar-refractivity contribution in [1.29, 1.82) is 0 Å². The monoisotopic (exact) mass is 280 g/mol. The molecule has 0 saturated heterocycles. The first-order valence-corrected chi connectivity index (χ1v) is 6.42. The molecule has 100 valence electrons. The second kappa shape index (κ2) is 5.77. The molecule has 7 heteroatoms. The number of aliphatic hydroxyl groups excluding tert-OH is 1. The van der Waals surface area contributed by atoms with Gasteiger partial charge in [0.1, 0.15) is 12.4 Å². The van der Waals surface area contributed by atoms with E-state index in [1.54, 1.807) is 18.6 Å². The number of hydrogen-bond donors (Lipinski definition) is 1. The van der Waals surface area contributed by atoms with Crippen LogP contribution in [0.25, 0.3) is 0 Å². The molecule has 0 bridgehead atoms. The van der Waals surface area contributed by atoms with Crippen molar-refractivity contribution in [3.8, 4) is 5.75 Å². The molecule has 19 heavy (non-hydrogen) atoms. The molecule has 0 aliphatic heterocycles. The fourth-order valence-electron chi connectivity index (χ4n) is 1.57. The SMILES string of the molecule is C[C@@H](O)c1cc([N+](=O)[O-])ccc1OCc1cncs1. The van der Waals surface area contributed by atoms with Gasteiger partial charge in [0.25, 0.3) is 5.69 Å². The van der Waals surface area contributed by atoms with E-state index < -0.39 is 11.0 Å². The van der Waals surface area contributed by atoms with Crippen LogP contribution in [0.1, 0.15) is 23.5 Å². The maximum Gasteiger partial charge on any atom is 0.270 e. The maximum atomic E-state index is 10.7. The molecule has 0 amide bonds. The first-order valence-electron chi connectivity index (χ1n) is 5.54. The van der Waals surface area contributed by atoms with Crippen molar-refractivity contribution in [3.63, 3.8) is 0 Å². The Labute approximate surface area is 113 Å². The third kappa shape index (κ3) is 3.27. The third-order valence-electron chi connectivity index (χ3n) is 2.51. The van der Waals surface area contributed by atoms with Crippen LogP contribution in [0.15, 0.2) is 29.9 Å². The van der Waals surface area contributed by atoms with Gasteiger partial charge >= 0.3 is 0 Å². The van der Waals surface area contributed by atoms with Gasteiger partial charge in [-0.25, -0.2) is 0 Å². The Morgan fingerprint density at radius 2 is 2.37 bits per heavy atom. The summed E-state index contributed by atoms with van der Waals surface area (Å²) >= 11 is 1.46. The Hall–Kier alpha value is -1.99. The highest BCUT2D eigenvalue weighted by Gasteiger charge is 2.15. The average molecular weight is 280 g/mol. The predicted molar refractivity (Wildman–Crippen MR) is 70.2 cm³/mol. The first-order chi connectivity index (χ1) is 9.08. The zero-order valence-electron chi connectivity index (χ0n) is 10.1. The van der Waals surface area contributed by atoms with Gasteiger partial charge in [-0.3, -0.25) is 15.1 Å². The number of aromatic nitrogens is 1. The molecule has 0 unspecified atom stereocenters. The van der Waals surface area contributed by atoms with E-state index in [1.807, 2.05) is 0 Å². The lowest BCUT2D eigenvalue weighted by Crippen LogP contribution is -2.01. The van der Waals surface area contributed by atoms with E-state index in [4.69, 9.17) is 4.74 Å². The van der Waals surface area contributed by atoms with Crippen molar-refractivity contribution in [2.24, 2.45) is 0 Å². The number of aliphatic hydroxyl groups is 1. The number of rotatable bonds is 5. The lowest BCUT2D eigenvalue weighted by atomic mass is 10.1. The molecular formula is C12H12N2O4S. The Balaban J connectivity index is 2.21. The second-order valence-electron chi connectivity index (χ2n) is 3.91. The van der Waals surface area contributed by atoms with Gasteiger partial charge in [-0.15, -0.1) is 11.3 Å². The summed E-state index contributed by atoms with van der Waals surface area (Å²) in [6.45, 7) is 1.86. The molecule has 2 rings (SSSR count). The number of nitrogens with zero attached hydrogens (tertiary/aromatic N) is 2. The summed E-state index contributed by atoms with van der Waals surface area (Å²) in [5.41, 5.74) is 2.03. The smallest absolute Gasteiger partial charge is 0.270 e. The number of hydrogen-bond acceptors (Lipinski definition) is 6. The largest absolute Gasteiger partial charge is 0.488 e. The molecule has 0 spiro atoms. The molecule has 0 fully saturated rings. The summed E-state index contributed by atoms with van der Waals surface area (Å²) in [6, 6.07) is 4.18. The minimum atomic E-state index is -0.837. The lowest BCUT2D eigenvalue weighted by Gasteiger charge is -2.12. The van der Waals surface area contributed by atoms with E-state index in [1.165, 1.54) is 29.5 Å².